The van der Waals surface area contributed by atoms with Gasteiger partial charge in [-0.3, -0.25) is 0 Å². The molecule has 0 spiro atoms. The summed E-state index contributed by atoms with van der Waals surface area (Å²) in [7, 11) is 0. The largest absolute Gasteiger partial charge is 0.388 e. The topological polar surface area (TPSA) is 46.0 Å². The van der Waals surface area contributed by atoms with E-state index in [1.807, 2.05) is 43.6 Å². The molecule has 0 bridgehead atoms. The fourth-order valence-corrected chi connectivity index (χ4v) is 2.83. The molecule has 2 aromatic rings. The molecule has 1 unspecified atom stereocenters. The standard InChI is InChI=1S/C21H30N2O/c1-3-5-6-7-8-9-10-17-15-22-21(23-16-17)19-13-11-18(12-14-19)20(24)4-2/h11-16,20,24H,3-10H2,1-2H3. The van der Waals surface area contributed by atoms with Gasteiger partial charge in [0.2, 0.25) is 0 Å². The second-order valence-corrected chi connectivity index (χ2v) is 6.48. The van der Waals surface area contributed by atoms with E-state index in [-0.39, 0.29) is 6.10 Å². The van der Waals surface area contributed by atoms with Crippen LogP contribution in [-0.4, -0.2) is 15.1 Å². The van der Waals surface area contributed by atoms with Crippen LogP contribution in [0.2, 0.25) is 0 Å². The third-order valence-electron chi connectivity index (χ3n) is 4.46. The molecule has 0 radical (unpaired) electrons. The van der Waals surface area contributed by atoms with Crippen molar-refractivity contribution in [1.82, 2.24) is 9.97 Å². The summed E-state index contributed by atoms with van der Waals surface area (Å²) in [5.74, 6) is 0.749. The van der Waals surface area contributed by atoms with Crippen molar-refractivity contribution in [2.45, 2.75) is 71.3 Å². The van der Waals surface area contributed by atoms with Crippen LogP contribution in [0.1, 0.15) is 76.0 Å². The lowest BCUT2D eigenvalue weighted by Crippen LogP contribution is -1.96. The zero-order valence-corrected chi connectivity index (χ0v) is 15.0. The van der Waals surface area contributed by atoms with E-state index in [9.17, 15) is 5.11 Å². The zero-order valence-electron chi connectivity index (χ0n) is 15.0. The van der Waals surface area contributed by atoms with Gasteiger partial charge < -0.3 is 5.11 Å². The molecule has 0 aliphatic rings. The lowest BCUT2D eigenvalue weighted by molar-refractivity contribution is 0.173. The van der Waals surface area contributed by atoms with E-state index < -0.39 is 0 Å². The normalized spacial score (nSPS) is 12.3. The fourth-order valence-electron chi connectivity index (χ4n) is 2.83. The summed E-state index contributed by atoms with van der Waals surface area (Å²) in [5, 5.41) is 9.85. The number of hydrogen-bond donors (Lipinski definition) is 1. The monoisotopic (exact) mass is 326 g/mol. The summed E-state index contributed by atoms with van der Waals surface area (Å²) < 4.78 is 0. The second kappa shape index (κ2) is 10.2. The van der Waals surface area contributed by atoms with Crippen LogP contribution in [0, 0.1) is 0 Å². The van der Waals surface area contributed by atoms with Gasteiger partial charge >= 0.3 is 0 Å². The minimum atomic E-state index is -0.389. The Morgan fingerprint density at radius 2 is 1.50 bits per heavy atom. The highest BCUT2D eigenvalue weighted by molar-refractivity contribution is 5.55. The zero-order chi connectivity index (χ0) is 17.2. The number of unbranched alkanes of at least 4 members (excludes halogenated alkanes) is 5. The number of aliphatic hydroxyl groups is 1. The molecule has 0 saturated heterocycles. The van der Waals surface area contributed by atoms with Crippen LogP contribution in [0.3, 0.4) is 0 Å². The number of aromatic nitrogens is 2. The number of benzene rings is 1. The van der Waals surface area contributed by atoms with Gasteiger partial charge in [-0.15, -0.1) is 0 Å². The third kappa shape index (κ3) is 5.72. The minimum absolute atomic E-state index is 0.389. The van der Waals surface area contributed by atoms with E-state index >= 15 is 0 Å². The number of rotatable bonds is 10. The van der Waals surface area contributed by atoms with Crippen molar-refractivity contribution in [2.24, 2.45) is 0 Å². The molecule has 3 heteroatoms. The number of aliphatic hydroxyl groups excluding tert-OH is 1. The van der Waals surface area contributed by atoms with Crippen LogP contribution >= 0.6 is 0 Å². The average Bonchev–Trinajstić information content (AvgIpc) is 2.64. The van der Waals surface area contributed by atoms with E-state index in [0.29, 0.717) is 0 Å². The van der Waals surface area contributed by atoms with E-state index in [0.717, 1.165) is 29.8 Å². The Hall–Kier alpha value is -1.74. The Bertz CT molecular complexity index is 578. The summed E-state index contributed by atoms with van der Waals surface area (Å²) >= 11 is 0. The van der Waals surface area contributed by atoms with E-state index in [4.69, 9.17) is 0 Å². The molecular weight excluding hydrogens is 296 g/mol. The van der Waals surface area contributed by atoms with Crippen LogP contribution in [-0.2, 0) is 6.42 Å². The van der Waals surface area contributed by atoms with E-state index in [1.54, 1.807) is 0 Å². The molecule has 2 rings (SSSR count). The smallest absolute Gasteiger partial charge is 0.159 e. The van der Waals surface area contributed by atoms with Crippen molar-refractivity contribution >= 4 is 0 Å². The van der Waals surface area contributed by atoms with Gasteiger partial charge in [-0.25, -0.2) is 9.97 Å². The highest BCUT2D eigenvalue weighted by Gasteiger charge is 2.06. The Morgan fingerprint density at radius 3 is 2.12 bits per heavy atom. The SMILES string of the molecule is CCCCCCCCc1cnc(-c2ccc(C(O)CC)cc2)nc1. The number of nitrogens with zero attached hydrogens (tertiary/aromatic N) is 2. The van der Waals surface area contributed by atoms with Gasteiger partial charge in [0.1, 0.15) is 0 Å². The van der Waals surface area contributed by atoms with Crippen LogP contribution in [0.4, 0.5) is 0 Å². The molecule has 1 atom stereocenters. The maximum Gasteiger partial charge on any atom is 0.159 e. The number of aryl methyl sites for hydroxylation is 1. The molecule has 0 fully saturated rings. The molecule has 0 aliphatic heterocycles. The molecule has 1 heterocycles. The van der Waals surface area contributed by atoms with Gasteiger partial charge in [0.05, 0.1) is 6.10 Å². The molecular formula is C21H30N2O. The summed E-state index contributed by atoms with van der Waals surface area (Å²) in [6.07, 6.45) is 13.2. The third-order valence-corrected chi connectivity index (χ3v) is 4.46. The molecule has 1 aromatic heterocycles. The fraction of sp³-hybridized carbons (Fsp3) is 0.524. The summed E-state index contributed by atoms with van der Waals surface area (Å²) in [6, 6.07) is 7.88. The van der Waals surface area contributed by atoms with Crippen LogP contribution < -0.4 is 0 Å². The summed E-state index contributed by atoms with van der Waals surface area (Å²) in [4.78, 5) is 9.00. The minimum Gasteiger partial charge on any atom is -0.388 e. The van der Waals surface area contributed by atoms with Crippen molar-refractivity contribution in [2.75, 3.05) is 0 Å². The summed E-state index contributed by atoms with van der Waals surface area (Å²) in [6.45, 7) is 4.22. The van der Waals surface area contributed by atoms with Crippen LogP contribution in [0.15, 0.2) is 36.7 Å². The molecule has 0 saturated carbocycles. The highest BCUT2D eigenvalue weighted by Crippen LogP contribution is 2.21. The van der Waals surface area contributed by atoms with E-state index in [1.165, 1.54) is 44.1 Å². The average molecular weight is 326 g/mol. The first kappa shape index (κ1) is 18.6. The first-order chi connectivity index (χ1) is 11.7. The quantitative estimate of drug-likeness (QED) is 0.587. The number of hydrogen-bond acceptors (Lipinski definition) is 3. The van der Waals surface area contributed by atoms with Crippen molar-refractivity contribution in [3.63, 3.8) is 0 Å². The highest BCUT2D eigenvalue weighted by atomic mass is 16.3. The molecule has 1 N–H and O–H groups in total. The van der Waals surface area contributed by atoms with Gasteiger partial charge in [-0.2, -0.15) is 0 Å². The summed E-state index contributed by atoms with van der Waals surface area (Å²) in [5.41, 5.74) is 3.15. The lowest BCUT2D eigenvalue weighted by atomic mass is 10.0. The first-order valence-electron chi connectivity index (χ1n) is 9.34. The predicted octanol–water partition coefficient (Wildman–Crippen LogP) is 5.49. The molecule has 1 aromatic carbocycles. The Balaban J connectivity index is 1.85. The maximum absolute atomic E-state index is 9.85. The van der Waals surface area contributed by atoms with Crippen molar-refractivity contribution in [3.05, 3.63) is 47.8 Å². The molecule has 3 nitrogen and oxygen atoms in total. The van der Waals surface area contributed by atoms with Gasteiger partial charge in [0, 0.05) is 18.0 Å². The Kier molecular flexibility index (Phi) is 7.90. The maximum atomic E-state index is 9.85. The van der Waals surface area contributed by atoms with Gasteiger partial charge in [-0.1, -0.05) is 70.2 Å². The van der Waals surface area contributed by atoms with Gasteiger partial charge in [0.25, 0.3) is 0 Å². The Morgan fingerprint density at radius 1 is 0.875 bits per heavy atom. The Labute approximate surface area is 146 Å². The second-order valence-electron chi connectivity index (χ2n) is 6.48. The van der Waals surface area contributed by atoms with Crippen LogP contribution in [0.25, 0.3) is 11.4 Å². The van der Waals surface area contributed by atoms with Crippen LogP contribution in [0.5, 0.6) is 0 Å². The first-order valence-corrected chi connectivity index (χ1v) is 9.34. The van der Waals surface area contributed by atoms with E-state index in [2.05, 4.69) is 16.9 Å². The molecule has 0 amide bonds. The molecule has 130 valence electrons. The van der Waals surface area contributed by atoms with Gasteiger partial charge in [-0.05, 0) is 30.4 Å². The van der Waals surface area contributed by atoms with Crippen molar-refractivity contribution < 1.29 is 5.11 Å². The lowest BCUT2D eigenvalue weighted by Gasteiger charge is -2.08. The molecule has 0 aliphatic carbocycles. The molecule has 24 heavy (non-hydrogen) atoms. The predicted molar refractivity (Wildman–Crippen MR) is 99.8 cm³/mol. The van der Waals surface area contributed by atoms with Crippen molar-refractivity contribution in [1.29, 1.82) is 0 Å². The van der Waals surface area contributed by atoms with Gasteiger partial charge in [0.15, 0.2) is 5.82 Å². The van der Waals surface area contributed by atoms with Crippen molar-refractivity contribution in [3.8, 4) is 11.4 Å².